The molecule has 0 saturated carbocycles. The second-order valence-corrected chi connectivity index (χ2v) is 6.57. The second-order valence-electron chi connectivity index (χ2n) is 5.72. The molecule has 0 atom stereocenters. The first-order valence-corrected chi connectivity index (χ1v) is 8.60. The van der Waals surface area contributed by atoms with Gasteiger partial charge < -0.3 is 14.8 Å². The number of nitrogens with zero attached hydrogens (tertiary/aromatic N) is 1. The van der Waals surface area contributed by atoms with Gasteiger partial charge in [0, 0.05) is 20.3 Å². The van der Waals surface area contributed by atoms with Crippen LogP contribution >= 0.6 is 11.3 Å². The van der Waals surface area contributed by atoms with E-state index in [0.717, 1.165) is 5.56 Å². The van der Waals surface area contributed by atoms with Gasteiger partial charge in [-0.25, -0.2) is 9.37 Å². The van der Waals surface area contributed by atoms with E-state index >= 15 is 0 Å². The lowest BCUT2D eigenvalue weighted by molar-refractivity contribution is 0.0344. The van der Waals surface area contributed by atoms with E-state index in [4.69, 9.17) is 9.47 Å². The highest BCUT2D eigenvalue weighted by Gasteiger charge is 2.37. The number of halogens is 1. The minimum atomic E-state index is -0.633. The van der Waals surface area contributed by atoms with E-state index in [1.807, 2.05) is 6.07 Å². The quantitative estimate of drug-likeness (QED) is 0.901. The monoisotopic (exact) mass is 350 g/mol. The van der Waals surface area contributed by atoms with Crippen molar-refractivity contribution < 1.29 is 18.7 Å². The summed E-state index contributed by atoms with van der Waals surface area (Å²) in [6.07, 6.45) is 1.20. The third-order valence-corrected chi connectivity index (χ3v) is 5.07. The van der Waals surface area contributed by atoms with Gasteiger partial charge in [-0.2, -0.15) is 0 Å². The number of hydrogen-bond donors (Lipinski definition) is 1. The largest absolute Gasteiger partial charge is 0.381 e. The molecule has 1 aliphatic rings. The van der Waals surface area contributed by atoms with Crippen molar-refractivity contribution >= 4 is 17.2 Å². The molecular weight excluding hydrogens is 331 g/mol. The number of rotatable bonds is 5. The minimum absolute atomic E-state index is 0.212. The molecule has 1 saturated heterocycles. The highest BCUT2D eigenvalue weighted by atomic mass is 32.1. The molecule has 1 fully saturated rings. The van der Waals surface area contributed by atoms with Crippen molar-refractivity contribution in [3.63, 3.8) is 0 Å². The van der Waals surface area contributed by atoms with E-state index in [1.54, 1.807) is 18.7 Å². The first kappa shape index (κ1) is 17.0. The summed E-state index contributed by atoms with van der Waals surface area (Å²) in [5, 5.41) is 3.11. The predicted octanol–water partition coefficient (Wildman–Crippen LogP) is 2.86. The average Bonchev–Trinajstić information content (AvgIpc) is 3.04. The number of hydrogen-bond acceptors (Lipinski definition) is 5. The molecule has 128 valence electrons. The molecule has 1 amide bonds. The average molecular weight is 350 g/mol. The zero-order valence-corrected chi connectivity index (χ0v) is 14.2. The van der Waals surface area contributed by atoms with E-state index < -0.39 is 5.54 Å². The maximum Gasteiger partial charge on any atom is 0.264 e. The molecule has 0 aliphatic carbocycles. The van der Waals surface area contributed by atoms with Crippen molar-refractivity contribution in [1.29, 1.82) is 0 Å². The van der Waals surface area contributed by atoms with Crippen molar-refractivity contribution in [3.05, 3.63) is 51.7 Å². The molecule has 3 rings (SSSR count). The van der Waals surface area contributed by atoms with E-state index in [2.05, 4.69) is 10.3 Å². The van der Waals surface area contributed by atoms with E-state index in [9.17, 15) is 9.18 Å². The molecule has 0 bridgehead atoms. The molecule has 2 aromatic rings. The number of nitrogens with one attached hydrogen (secondary N) is 1. The molecule has 7 heteroatoms. The third kappa shape index (κ3) is 3.48. The zero-order chi connectivity index (χ0) is 17.0. The Bertz CT molecular complexity index is 713. The molecule has 1 aromatic heterocycles. The van der Waals surface area contributed by atoms with Gasteiger partial charge in [0.05, 0.1) is 23.4 Å². The smallest absolute Gasteiger partial charge is 0.264 e. The number of carbonyl (C=O) groups is 1. The van der Waals surface area contributed by atoms with Crippen LogP contribution in [-0.4, -0.2) is 31.2 Å². The van der Waals surface area contributed by atoms with Crippen LogP contribution < -0.4 is 5.32 Å². The molecule has 2 heterocycles. The number of methoxy groups -OCH3 is 1. The Balaban J connectivity index is 1.89. The molecule has 1 aromatic carbocycles. The fourth-order valence-electron chi connectivity index (χ4n) is 2.96. The Morgan fingerprint density at radius 1 is 1.46 bits per heavy atom. The SMILES string of the molecule is COCc1ncsc1C(=O)NC1(c2cccc(F)c2)CCOCC1. The Morgan fingerprint density at radius 3 is 2.96 bits per heavy atom. The summed E-state index contributed by atoms with van der Waals surface area (Å²) in [5.74, 6) is -0.527. The van der Waals surface area contributed by atoms with Crippen LogP contribution in [0.2, 0.25) is 0 Å². The Labute approximate surface area is 143 Å². The van der Waals surface area contributed by atoms with Crippen molar-refractivity contribution in [2.24, 2.45) is 0 Å². The topological polar surface area (TPSA) is 60.5 Å². The van der Waals surface area contributed by atoms with Gasteiger partial charge in [0.1, 0.15) is 10.7 Å². The van der Waals surface area contributed by atoms with Gasteiger partial charge in [-0.15, -0.1) is 11.3 Å². The number of amides is 1. The number of benzene rings is 1. The Hall–Kier alpha value is -1.83. The zero-order valence-electron chi connectivity index (χ0n) is 13.4. The fourth-order valence-corrected chi connectivity index (χ4v) is 3.65. The molecule has 0 unspecified atom stereocenters. The predicted molar refractivity (Wildman–Crippen MR) is 88.4 cm³/mol. The number of thiazole rings is 1. The lowest BCUT2D eigenvalue weighted by atomic mass is 9.82. The molecule has 1 N–H and O–H groups in total. The van der Waals surface area contributed by atoms with Crippen LogP contribution in [0, 0.1) is 5.82 Å². The molecule has 5 nitrogen and oxygen atoms in total. The summed E-state index contributed by atoms with van der Waals surface area (Å²) in [6.45, 7) is 1.32. The first-order valence-electron chi connectivity index (χ1n) is 7.72. The molecule has 24 heavy (non-hydrogen) atoms. The van der Waals surface area contributed by atoms with Gasteiger partial charge in [0.25, 0.3) is 5.91 Å². The summed E-state index contributed by atoms with van der Waals surface area (Å²) < 4.78 is 24.2. The van der Waals surface area contributed by atoms with Crippen LogP contribution in [0.1, 0.15) is 33.8 Å². The van der Waals surface area contributed by atoms with Gasteiger partial charge in [0.2, 0.25) is 0 Å². The maximum absolute atomic E-state index is 13.7. The second kappa shape index (κ2) is 7.38. The molecular formula is C17H19FN2O3S. The van der Waals surface area contributed by atoms with Gasteiger partial charge >= 0.3 is 0 Å². The van der Waals surface area contributed by atoms with Gasteiger partial charge in [-0.3, -0.25) is 4.79 Å². The molecule has 0 radical (unpaired) electrons. The number of carbonyl (C=O) groups excluding carboxylic acids is 1. The van der Waals surface area contributed by atoms with Crippen LogP contribution in [0.15, 0.2) is 29.8 Å². The van der Waals surface area contributed by atoms with Crippen molar-refractivity contribution in [3.8, 4) is 0 Å². The van der Waals surface area contributed by atoms with Crippen LogP contribution in [0.4, 0.5) is 4.39 Å². The highest BCUT2D eigenvalue weighted by molar-refractivity contribution is 7.11. The van der Waals surface area contributed by atoms with Crippen LogP contribution in [0.25, 0.3) is 0 Å². The molecule has 0 spiro atoms. The summed E-state index contributed by atoms with van der Waals surface area (Å²) in [6, 6.07) is 6.39. The maximum atomic E-state index is 13.7. The van der Waals surface area contributed by atoms with E-state index in [0.29, 0.717) is 36.6 Å². The lowest BCUT2D eigenvalue weighted by Gasteiger charge is -2.38. The van der Waals surface area contributed by atoms with Gasteiger partial charge in [-0.05, 0) is 30.5 Å². The van der Waals surface area contributed by atoms with E-state index in [1.165, 1.54) is 23.5 Å². The van der Waals surface area contributed by atoms with Crippen molar-refractivity contribution in [2.45, 2.75) is 25.0 Å². The van der Waals surface area contributed by atoms with Crippen molar-refractivity contribution in [1.82, 2.24) is 10.3 Å². The minimum Gasteiger partial charge on any atom is -0.381 e. The van der Waals surface area contributed by atoms with Crippen molar-refractivity contribution in [2.75, 3.05) is 20.3 Å². The summed E-state index contributed by atoms with van der Waals surface area (Å²) in [4.78, 5) is 17.5. The standard InChI is InChI=1S/C17H19FN2O3S/c1-22-10-14-15(24-11-19-14)16(21)20-17(5-7-23-8-6-17)12-3-2-4-13(18)9-12/h2-4,9,11H,5-8,10H2,1H3,(H,20,21). The summed E-state index contributed by atoms with van der Waals surface area (Å²) in [7, 11) is 1.56. The fraction of sp³-hybridized carbons (Fsp3) is 0.412. The number of aromatic nitrogens is 1. The normalized spacial score (nSPS) is 16.8. The van der Waals surface area contributed by atoms with Gasteiger partial charge in [-0.1, -0.05) is 12.1 Å². The highest BCUT2D eigenvalue weighted by Crippen LogP contribution is 2.33. The number of ether oxygens (including phenoxy) is 2. The van der Waals surface area contributed by atoms with Crippen LogP contribution in [-0.2, 0) is 21.6 Å². The Kier molecular flexibility index (Phi) is 5.23. The van der Waals surface area contributed by atoms with Crippen LogP contribution in [0.3, 0.4) is 0 Å². The van der Waals surface area contributed by atoms with E-state index in [-0.39, 0.29) is 18.3 Å². The van der Waals surface area contributed by atoms with Gasteiger partial charge in [0.15, 0.2) is 0 Å². The third-order valence-electron chi connectivity index (χ3n) is 4.20. The summed E-state index contributed by atoms with van der Waals surface area (Å²) in [5.41, 5.74) is 2.37. The summed E-state index contributed by atoms with van der Waals surface area (Å²) >= 11 is 1.27. The lowest BCUT2D eigenvalue weighted by Crippen LogP contribution is -2.49. The Morgan fingerprint density at radius 2 is 2.25 bits per heavy atom. The first-order chi connectivity index (χ1) is 11.6. The molecule has 1 aliphatic heterocycles. The van der Waals surface area contributed by atoms with Crippen LogP contribution in [0.5, 0.6) is 0 Å².